The Morgan fingerprint density at radius 2 is 0.889 bits per heavy atom. The lowest BCUT2D eigenvalue weighted by atomic mass is 9.93. The molecule has 0 aromatic heterocycles. The van der Waals surface area contributed by atoms with Crippen molar-refractivity contribution < 1.29 is 28.5 Å². The van der Waals surface area contributed by atoms with Gasteiger partial charge in [0.2, 0.25) is 0 Å². The Balaban J connectivity index is 1.50. The Kier molecular flexibility index (Phi) is 10.1. The van der Waals surface area contributed by atoms with Gasteiger partial charge < -0.3 is 18.9 Å². The molecule has 0 aliphatic carbocycles. The van der Waals surface area contributed by atoms with Gasteiger partial charge in [-0.1, -0.05) is 121 Å². The van der Waals surface area contributed by atoms with Crippen LogP contribution in [0.15, 0.2) is 132 Å². The highest BCUT2D eigenvalue weighted by Crippen LogP contribution is 2.43. The first-order valence-electron chi connectivity index (χ1n) is 15.0. The van der Waals surface area contributed by atoms with Crippen LogP contribution in [-0.2, 0) is 28.5 Å². The summed E-state index contributed by atoms with van der Waals surface area (Å²) in [5.41, 5.74) is 4.10. The Morgan fingerprint density at radius 3 is 1.22 bits per heavy atom. The smallest absolute Gasteiger partial charge is 0.334 e. The summed E-state index contributed by atoms with van der Waals surface area (Å²) in [5, 5.41) is 0. The quantitative estimate of drug-likeness (QED) is 0.134. The maximum Gasteiger partial charge on any atom is 0.334 e. The molecule has 0 bridgehead atoms. The van der Waals surface area contributed by atoms with Crippen LogP contribution in [0.4, 0.5) is 0 Å². The Labute approximate surface area is 264 Å². The fraction of sp³-hybridized carbons (Fsp3) is 0.231. The van der Waals surface area contributed by atoms with E-state index in [4.69, 9.17) is 18.9 Å². The average Bonchev–Trinajstić information content (AvgIpc) is 3.38. The van der Waals surface area contributed by atoms with Crippen molar-refractivity contribution in [1.82, 2.24) is 0 Å². The van der Waals surface area contributed by atoms with Crippen LogP contribution >= 0.6 is 0 Å². The molecule has 4 aromatic rings. The molecule has 1 fully saturated rings. The van der Waals surface area contributed by atoms with E-state index in [0.717, 1.165) is 22.3 Å². The molecule has 1 aliphatic rings. The minimum Gasteiger partial charge on any atom is -0.451 e. The van der Waals surface area contributed by atoms with Crippen molar-refractivity contribution in [3.8, 4) is 0 Å². The standard InChI is InChI=1S/C39H38O6/c1-27(25-29-17-9-5-10-18-29)37(40)42-33(31-21-13-7-14-22-31)35-36(45-39(3,4)44-35)34(32-23-15-8-16-24-32)43-38(41)28(2)26-30-19-11-6-12-20-30/h5-26,33-36H,1-4H3/b27-25+,28-26+/t33-,34-,35+,36+/m1/s1. The zero-order chi connectivity index (χ0) is 31.8. The molecule has 6 heteroatoms. The molecule has 0 spiro atoms. The lowest BCUT2D eigenvalue weighted by Gasteiger charge is -2.31. The predicted octanol–water partition coefficient (Wildman–Crippen LogP) is 8.28. The lowest BCUT2D eigenvalue weighted by Crippen LogP contribution is -2.38. The number of hydrogen-bond acceptors (Lipinski definition) is 6. The van der Waals surface area contributed by atoms with E-state index in [0.29, 0.717) is 11.1 Å². The number of carbonyl (C=O) groups is 2. The SMILES string of the molecule is C/C(=C\c1ccccc1)C(=O)O[C@H](c1ccccc1)[C@@H]1OC(C)(C)O[C@H]1[C@H](OC(=O)/C(C)=C/c1ccccc1)c1ccccc1. The summed E-state index contributed by atoms with van der Waals surface area (Å²) >= 11 is 0. The summed E-state index contributed by atoms with van der Waals surface area (Å²) in [6.07, 6.45) is 0.216. The highest BCUT2D eigenvalue weighted by atomic mass is 16.8. The van der Waals surface area contributed by atoms with Crippen molar-refractivity contribution in [3.63, 3.8) is 0 Å². The van der Waals surface area contributed by atoms with Gasteiger partial charge in [-0.25, -0.2) is 9.59 Å². The van der Waals surface area contributed by atoms with E-state index in [1.807, 2.05) is 121 Å². The highest BCUT2D eigenvalue weighted by Gasteiger charge is 2.52. The van der Waals surface area contributed by atoms with E-state index in [1.54, 1.807) is 39.8 Å². The molecule has 0 saturated carbocycles. The van der Waals surface area contributed by atoms with E-state index in [-0.39, 0.29) is 0 Å². The van der Waals surface area contributed by atoms with E-state index in [9.17, 15) is 9.59 Å². The molecule has 0 N–H and O–H groups in total. The molecule has 1 heterocycles. The fourth-order valence-corrected chi connectivity index (χ4v) is 5.35. The molecule has 6 nitrogen and oxygen atoms in total. The van der Waals surface area contributed by atoms with E-state index < -0.39 is 42.1 Å². The lowest BCUT2D eigenvalue weighted by molar-refractivity contribution is -0.173. The molecule has 4 aromatic carbocycles. The van der Waals surface area contributed by atoms with Gasteiger partial charge in [0, 0.05) is 11.1 Å². The zero-order valence-corrected chi connectivity index (χ0v) is 26.0. The first-order chi connectivity index (χ1) is 21.7. The normalized spacial score (nSPS) is 19.4. The molecule has 0 unspecified atom stereocenters. The molecule has 0 amide bonds. The number of ether oxygens (including phenoxy) is 4. The van der Waals surface area contributed by atoms with Crippen molar-refractivity contribution in [2.75, 3.05) is 0 Å². The molecule has 4 atom stereocenters. The molecular weight excluding hydrogens is 564 g/mol. The topological polar surface area (TPSA) is 71.1 Å². The molecule has 1 aliphatic heterocycles. The summed E-state index contributed by atoms with van der Waals surface area (Å²) in [7, 11) is 0. The third-order valence-corrected chi connectivity index (χ3v) is 7.49. The van der Waals surface area contributed by atoms with Crippen LogP contribution in [0.1, 0.15) is 62.2 Å². The molecule has 230 valence electrons. The number of hydrogen-bond donors (Lipinski definition) is 0. The first-order valence-corrected chi connectivity index (χ1v) is 15.0. The molecule has 0 radical (unpaired) electrons. The van der Waals surface area contributed by atoms with Crippen molar-refractivity contribution in [3.05, 3.63) is 155 Å². The third-order valence-electron chi connectivity index (χ3n) is 7.49. The van der Waals surface area contributed by atoms with Crippen LogP contribution < -0.4 is 0 Å². The Morgan fingerprint density at radius 1 is 0.578 bits per heavy atom. The van der Waals surface area contributed by atoms with Crippen molar-refractivity contribution in [2.24, 2.45) is 0 Å². The van der Waals surface area contributed by atoms with Crippen LogP contribution in [0, 0.1) is 0 Å². The van der Waals surface area contributed by atoms with Gasteiger partial charge in [-0.15, -0.1) is 0 Å². The van der Waals surface area contributed by atoms with Crippen LogP contribution in [0.25, 0.3) is 12.2 Å². The van der Waals surface area contributed by atoms with Gasteiger partial charge in [-0.2, -0.15) is 0 Å². The third kappa shape index (κ3) is 8.24. The van der Waals surface area contributed by atoms with Crippen LogP contribution in [0.5, 0.6) is 0 Å². The molecule has 45 heavy (non-hydrogen) atoms. The van der Waals surface area contributed by atoms with Crippen molar-refractivity contribution in [2.45, 2.75) is 57.9 Å². The van der Waals surface area contributed by atoms with Crippen LogP contribution in [0.2, 0.25) is 0 Å². The number of esters is 2. The van der Waals surface area contributed by atoms with Gasteiger partial charge >= 0.3 is 11.9 Å². The largest absolute Gasteiger partial charge is 0.451 e. The van der Waals surface area contributed by atoms with Gasteiger partial charge in [0.15, 0.2) is 18.0 Å². The zero-order valence-electron chi connectivity index (χ0n) is 26.0. The predicted molar refractivity (Wildman–Crippen MR) is 175 cm³/mol. The molecule has 1 saturated heterocycles. The number of benzene rings is 4. The molecular formula is C39H38O6. The first kappa shape index (κ1) is 31.6. The Bertz CT molecular complexity index is 1510. The second-order valence-electron chi connectivity index (χ2n) is 11.5. The maximum atomic E-state index is 13.6. The monoisotopic (exact) mass is 602 g/mol. The van der Waals surface area contributed by atoms with E-state index in [2.05, 4.69) is 0 Å². The fourth-order valence-electron chi connectivity index (χ4n) is 5.35. The van der Waals surface area contributed by atoms with Gasteiger partial charge in [-0.3, -0.25) is 0 Å². The van der Waals surface area contributed by atoms with E-state index in [1.165, 1.54) is 0 Å². The van der Waals surface area contributed by atoms with Gasteiger partial charge in [0.05, 0.1) is 0 Å². The van der Waals surface area contributed by atoms with Crippen molar-refractivity contribution >= 4 is 24.1 Å². The van der Waals surface area contributed by atoms with Gasteiger partial charge in [0.1, 0.15) is 12.2 Å². The van der Waals surface area contributed by atoms with E-state index >= 15 is 0 Å². The highest BCUT2D eigenvalue weighted by molar-refractivity contribution is 5.93. The summed E-state index contributed by atoms with van der Waals surface area (Å²) < 4.78 is 25.4. The van der Waals surface area contributed by atoms with Gasteiger partial charge in [-0.05, 0) is 62.1 Å². The molecule has 5 rings (SSSR count). The maximum absolute atomic E-state index is 13.6. The Hall–Kier alpha value is -4.78. The van der Waals surface area contributed by atoms with Crippen LogP contribution in [-0.4, -0.2) is 29.9 Å². The van der Waals surface area contributed by atoms with Crippen LogP contribution in [0.3, 0.4) is 0 Å². The second kappa shape index (κ2) is 14.3. The minimum atomic E-state index is -1.06. The van der Waals surface area contributed by atoms with Crippen molar-refractivity contribution in [1.29, 1.82) is 0 Å². The number of rotatable bonds is 10. The summed E-state index contributed by atoms with van der Waals surface area (Å²) in [6.45, 7) is 7.05. The number of carbonyl (C=O) groups excluding carboxylic acids is 2. The van der Waals surface area contributed by atoms with Gasteiger partial charge in [0.25, 0.3) is 0 Å². The minimum absolute atomic E-state index is 0.435. The average molecular weight is 603 g/mol. The second-order valence-corrected chi connectivity index (χ2v) is 11.5. The summed E-state index contributed by atoms with van der Waals surface area (Å²) in [4.78, 5) is 27.1. The summed E-state index contributed by atoms with van der Waals surface area (Å²) in [5.74, 6) is -2.04. The summed E-state index contributed by atoms with van der Waals surface area (Å²) in [6, 6.07) is 38.0.